The van der Waals surface area contributed by atoms with E-state index in [9.17, 15) is 9.59 Å². The van der Waals surface area contributed by atoms with E-state index in [-0.39, 0.29) is 18.3 Å². The summed E-state index contributed by atoms with van der Waals surface area (Å²) in [5, 5.41) is 2.86. The molecule has 1 aromatic heterocycles. The van der Waals surface area contributed by atoms with Gasteiger partial charge in [0.25, 0.3) is 0 Å². The highest BCUT2D eigenvalue weighted by Crippen LogP contribution is 2.32. The smallest absolute Gasteiger partial charge is 0.339 e. The van der Waals surface area contributed by atoms with Gasteiger partial charge in [0.1, 0.15) is 11.9 Å². The molecule has 0 radical (unpaired) electrons. The van der Waals surface area contributed by atoms with E-state index in [4.69, 9.17) is 4.74 Å². The number of H-pyrrole nitrogens is 1. The van der Waals surface area contributed by atoms with Gasteiger partial charge >= 0.3 is 5.97 Å². The lowest BCUT2D eigenvalue weighted by Gasteiger charge is -2.10. The lowest BCUT2D eigenvalue weighted by molar-refractivity contribution is -0.122. The number of hydrogen-bond donors (Lipinski definition) is 2. The molecule has 0 spiro atoms. The molecule has 2 heterocycles. The first-order valence-electron chi connectivity index (χ1n) is 8.21. The van der Waals surface area contributed by atoms with Crippen LogP contribution < -0.4 is 5.32 Å². The van der Waals surface area contributed by atoms with Crippen LogP contribution in [0.25, 0.3) is 11.0 Å². The van der Waals surface area contributed by atoms with Gasteiger partial charge in [0.15, 0.2) is 0 Å². The Hall–Kier alpha value is -3.15. The second-order valence-corrected chi connectivity index (χ2v) is 5.99. The lowest BCUT2D eigenvalue weighted by Crippen LogP contribution is -2.27. The molecular formula is C19H17N3O3. The first kappa shape index (κ1) is 15.4. The third-order valence-corrected chi connectivity index (χ3v) is 4.27. The van der Waals surface area contributed by atoms with Crippen LogP contribution in [0.4, 0.5) is 0 Å². The van der Waals surface area contributed by atoms with Crippen molar-refractivity contribution in [3.05, 3.63) is 65.5 Å². The SMILES string of the molecule is O=C(CC1OC(=O)c2ccccc21)NCCc1nc2ccccc2[nH]1. The number of carbonyl (C=O) groups is 2. The molecule has 0 saturated heterocycles. The Bertz CT molecular complexity index is 915. The van der Waals surface area contributed by atoms with Gasteiger partial charge in [0.2, 0.25) is 5.91 Å². The molecule has 1 atom stereocenters. The molecule has 126 valence electrons. The summed E-state index contributed by atoms with van der Waals surface area (Å²) in [6.07, 6.45) is 0.236. The zero-order chi connectivity index (χ0) is 17.2. The van der Waals surface area contributed by atoms with E-state index >= 15 is 0 Å². The minimum Gasteiger partial charge on any atom is -0.453 e. The maximum Gasteiger partial charge on any atom is 0.339 e. The van der Waals surface area contributed by atoms with Crippen molar-refractivity contribution in [3.63, 3.8) is 0 Å². The molecule has 6 heteroatoms. The van der Waals surface area contributed by atoms with Gasteiger partial charge in [0.05, 0.1) is 23.0 Å². The van der Waals surface area contributed by atoms with Crippen LogP contribution in [0.3, 0.4) is 0 Å². The molecule has 25 heavy (non-hydrogen) atoms. The second kappa shape index (κ2) is 6.39. The summed E-state index contributed by atoms with van der Waals surface area (Å²) in [4.78, 5) is 31.6. The Morgan fingerprint density at radius 3 is 2.84 bits per heavy atom. The van der Waals surface area contributed by atoms with Crippen molar-refractivity contribution in [1.82, 2.24) is 15.3 Å². The topological polar surface area (TPSA) is 84.1 Å². The van der Waals surface area contributed by atoms with E-state index in [1.165, 1.54) is 0 Å². The Kier molecular flexibility index (Phi) is 3.93. The highest BCUT2D eigenvalue weighted by atomic mass is 16.5. The molecule has 1 aliphatic rings. The van der Waals surface area contributed by atoms with Crippen LogP contribution in [-0.4, -0.2) is 28.4 Å². The van der Waals surface area contributed by atoms with Gasteiger partial charge in [-0.3, -0.25) is 4.79 Å². The number of esters is 1. The highest BCUT2D eigenvalue weighted by molar-refractivity contribution is 5.94. The van der Waals surface area contributed by atoms with Crippen LogP contribution in [0.15, 0.2) is 48.5 Å². The van der Waals surface area contributed by atoms with Crippen molar-refractivity contribution >= 4 is 22.9 Å². The number of carbonyl (C=O) groups excluding carboxylic acids is 2. The van der Waals surface area contributed by atoms with E-state index in [1.807, 2.05) is 36.4 Å². The molecular weight excluding hydrogens is 318 g/mol. The Labute approximate surface area is 144 Å². The number of benzene rings is 2. The number of fused-ring (bicyclic) bond motifs is 2. The summed E-state index contributed by atoms with van der Waals surface area (Å²) < 4.78 is 5.29. The predicted molar refractivity (Wildman–Crippen MR) is 92.0 cm³/mol. The Morgan fingerprint density at radius 2 is 1.96 bits per heavy atom. The highest BCUT2D eigenvalue weighted by Gasteiger charge is 2.31. The van der Waals surface area contributed by atoms with Crippen molar-refractivity contribution < 1.29 is 14.3 Å². The van der Waals surface area contributed by atoms with Crippen LogP contribution in [0.1, 0.15) is 34.3 Å². The number of nitrogens with one attached hydrogen (secondary N) is 2. The number of imidazole rings is 1. The van der Waals surface area contributed by atoms with Gasteiger partial charge < -0.3 is 15.0 Å². The molecule has 0 fully saturated rings. The second-order valence-electron chi connectivity index (χ2n) is 5.99. The van der Waals surface area contributed by atoms with Gasteiger partial charge in [-0.05, 0) is 18.2 Å². The largest absolute Gasteiger partial charge is 0.453 e. The molecule has 2 aromatic carbocycles. The van der Waals surface area contributed by atoms with Crippen molar-refractivity contribution in [2.45, 2.75) is 18.9 Å². The number of nitrogens with zero attached hydrogens (tertiary/aromatic N) is 1. The Morgan fingerprint density at radius 1 is 1.16 bits per heavy atom. The molecule has 1 aliphatic heterocycles. The monoisotopic (exact) mass is 335 g/mol. The normalized spacial score (nSPS) is 15.8. The first-order valence-corrected chi connectivity index (χ1v) is 8.21. The number of aromatic amines is 1. The van der Waals surface area contributed by atoms with E-state index in [0.29, 0.717) is 18.5 Å². The standard InChI is InChI=1S/C19H17N3O3/c23-18(11-16-12-5-1-2-6-13(12)19(24)25-16)20-10-9-17-21-14-7-3-4-8-15(14)22-17/h1-8,16H,9-11H2,(H,20,23)(H,21,22). The van der Waals surface area contributed by atoms with E-state index in [0.717, 1.165) is 22.4 Å². The average Bonchev–Trinajstić information content (AvgIpc) is 3.16. The van der Waals surface area contributed by atoms with E-state index < -0.39 is 6.10 Å². The van der Waals surface area contributed by atoms with Crippen LogP contribution in [0.2, 0.25) is 0 Å². The molecule has 0 bridgehead atoms. The van der Waals surface area contributed by atoms with Gasteiger partial charge in [-0.1, -0.05) is 30.3 Å². The molecule has 1 unspecified atom stereocenters. The summed E-state index contributed by atoms with van der Waals surface area (Å²) in [5.74, 6) is 0.320. The summed E-state index contributed by atoms with van der Waals surface area (Å²) in [6.45, 7) is 0.473. The van der Waals surface area contributed by atoms with Gasteiger partial charge in [0, 0.05) is 18.5 Å². The molecule has 4 rings (SSSR count). The maximum absolute atomic E-state index is 12.1. The number of ether oxygens (including phenoxy) is 1. The van der Waals surface area contributed by atoms with Crippen molar-refractivity contribution in [1.29, 1.82) is 0 Å². The van der Waals surface area contributed by atoms with Gasteiger partial charge in [-0.2, -0.15) is 0 Å². The number of hydrogen-bond acceptors (Lipinski definition) is 4. The van der Waals surface area contributed by atoms with E-state index in [1.54, 1.807) is 12.1 Å². The van der Waals surface area contributed by atoms with Crippen molar-refractivity contribution in [3.8, 4) is 0 Å². The number of rotatable bonds is 5. The maximum atomic E-state index is 12.1. The van der Waals surface area contributed by atoms with Crippen molar-refractivity contribution in [2.75, 3.05) is 6.54 Å². The summed E-state index contributed by atoms with van der Waals surface area (Å²) >= 11 is 0. The average molecular weight is 335 g/mol. The fourth-order valence-corrected chi connectivity index (χ4v) is 3.06. The van der Waals surface area contributed by atoms with Gasteiger partial charge in [-0.15, -0.1) is 0 Å². The summed E-state index contributed by atoms with van der Waals surface area (Å²) in [6, 6.07) is 15.0. The van der Waals surface area contributed by atoms with Crippen molar-refractivity contribution in [2.24, 2.45) is 0 Å². The molecule has 0 saturated carbocycles. The minimum atomic E-state index is -0.505. The number of aromatic nitrogens is 2. The molecule has 1 amide bonds. The van der Waals surface area contributed by atoms with Crippen LogP contribution in [0, 0.1) is 0 Å². The molecule has 2 N–H and O–H groups in total. The quantitative estimate of drug-likeness (QED) is 0.702. The summed E-state index contributed by atoms with van der Waals surface area (Å²) in [5.41, 5.74) is 3.22. The molecule has 0 aliphatic carbocycles. The zero-order valence-corrected chi connectivity index (χ0v) is 13.5. The number of cyclic esters (lactones) is 1. The first-order chi connectivity index (χ1) is 12.2. The third-order valence-electron chi connectivity index (χ3n) is 4.27. The predicted octanol–water partition coefficient (Wildman–Crippen LogP) is 2.52. The van der Waals surface area contributed by atoms with E-state index in [2.05, 4.69) is 15.3 Å². The number of amides is 1. The summed E-state index contributed by atoms with van der Waals surface area (Å²) in [7, 11) is 0. The third kappa shape index (κ3) is 3.10. The zero-order valence-electron chi connectivity index (χ0n) is 13.5. The minimum absolute atomic E-state index is 0.128. The Balaban J connectivity index is 1.32. The molecule has 3 aromatic rings. The molecule has 6 nitrogen and oxygen atoms in total. The number of para-hydroxylation sites is 2. The fraction of sp³-hybridized carbons (Fsp3) is 0.211. The fourth-order valence-electron chi connectivity index (χ4n) is 3.06. The van der Waals surface area contributed by atoms with Crippen LogP contribution >= 0.6 is 0 Å². The van der Waals surface area contributed by atoms with Crippen LogP contribution in [0.5, 0.6) is 0 Å². The van der Waals surface area contributed by atoms with Gasteiger partial charge in [-0.25, -0.2) is 9.78 Å². The van der Waals surface area contributed by atoms with Crippen LogP contribution in [-0.2, 0) is 16.0 Å². The lowest BCUT2D eigenvalue weighted by atomic mass is 10.0.